The summed E-state index contributed by atoms with van der Waals surface area (Å²) < 4.78 is 0. The molecule has 188 valence electrons. The lowest BCUT2D eigenvalue weighted by molar-refractivity contribution is -0.137. The predicted molar refractivity (Wildman–Crippen MR) is 146 cm³/mol. The van der Waals surface area contributed by atoms with Crippen LogP contribution in [0.5, 0.6) is 0 Å². The molecule has 0 aromatic heterocycles. The van der Waals surface area contributed by atoms with Gasteiger partial charge in [0.15, 0.2) is 12.5 Å². The summed E-state index contributed by atoms with van der Waals surface area (Å²) in [4.78, 5) is 14.4. The molecule has 37 heavy (non-hydrogen) atoms. The van der Waals surface area contributed by atoms with E-state index in [0.29, 0.717) is 54.9 Å². The molecule has 4 aromatic rings. The van der Waals surface area contributed by atoms with Crippen LogP contribution in [0.3, 0.4) is 0 Å². The Morgan fingerprint density at radius 1 is 0.838 bits per heavy atom. The molecule has 0 saturated carbocycles. The number of nitrogens with one attached hydrogen (secondary N) is 1. The molecule has 0 amide bonds. The average molecular weight is 535 g/mol. The fourth-order valence-corrected chi connectivity index (χ4v) is 5.46. The number of carboxylic acid groups (broad SMARTS) is 1. The Labute approximate surface area is 224 Å². The number of aliphatic carboxylic acids is 1. The molecule has 1 heterocycles. The lowest BCUT2D eigenvalue weighted by atomic mass is 9.85. The number of carbonyl (C=O) groups is 1. The minimum absolute atomic E-state index is 0.395. The van der Waals surface area contributed by atoms with Crippen LogP contribution in [-0.2, 0) is 4.79 Å². The number of fused-ring (bicyclic) bond motifs is 1. The molecule has 0 spiro atoms. The highest BCUT2D eigenvalue weighted by Crippen LogP contribution is 2.47. The first-order valence-electron chi connectivity index (χ1n) is 11.6. The Kier molecular flexibility index (Phi) is 6.84. The van der Waals surface area contributed by atoms with Gasteiger partial charge in [-0.2, -0.15) is 0 Å². The highest BCUT2D eigenvalue weighted by Gasteiger charge is 2.39. The zero-order valence-corrected chi connectivity index (χ0v) is 21.3. The van der Waals surface area contributed by atoms with Crippen LogP contribution in [0, 0.1) is 6.92 Å². The van der Waals surface area contributed by atoms with Crippen molar-refractivity contribution in [3.63, 3.8) is 0 Å². The lowest BCUT2D eigenvalue weighted by Crippen LogP contribution is -2.29. The van der Waals surface area contributed by atoms with Crippen LogP contribution in [0.25, 0.3) is 0 Å². The minimum atomic E-state index is -1.14. The molecule has 0 radical (unpaired) electrons. The predicted octanol–water partition coefficient (Wildman–Crippen LogP) is 6.76. The number of hydrogen-bond donors (Lipinski definition) is 4. The highest BCUT2D eigenvalue weighted by atomic mass is 35.5. The number of aliphatic hydroxyl groups excluding tert-OH is 2. The SMILES string of the molecule is Cc1cccc(N2C(O)c3ccccc3C2O)c1C(C(=O)O)c1ccccc1Nc1c(Cl)cccc1Cl. The summed E-state index contributed by atoms with van der Waals surface area (Å²) in [6, 6.07) is 24.6. The van der Waals surface area contributed by atoms with Crippen molar-refractivity contribution < 1.29 is 20.1 Å². The summed E-state index contributed by atoms with van der Waals surface area (Å²) in [5.41, 5.74) is 4.19. The number of halogens is 2. The molecule has 1 aliphatic heterocycles. The van der Waals surface area contributed by atoms with E-state index in [-0.39, 0.29) is 0 Å². The van der Waals surface area contributed by atoms with Crippen LogP contribution >= 0.6 is 23.2 Å². The molecule has 3 unspecified atom stereocenters. The van der Waals surface area contributed by atoms with Gasteiger partial charge in [-0.1, -0.05) is 83.9 Å². The average Bonchev–Trinajstić information content (AvgIpc) is 3.13. The van der Waals surface area contributed by atoms with Gasteiger partial charge in [-0.3, -0.25) is 4.79 Å². The van der Waals surface area contributed by atoms with Gasteiger partial charge < -0.3 is 25.5 Å². The lowest BCUT2D eigenvalue weighted by Gasteiger charge is -2.32. The van der Waals surface area contributed by atoms with Crippen molar-refractivity contribution in [1.82, 2.24) is 0 Å². The van der Waals surface area contributed by atoms with Gasteiger partial charge in [-0.25, -0.2) is 0 Å². The first-order chi connectivity index (χ1) is 17.8. The highest BCUT2D eigenvalue weighted by molar-refractivity contribution is 6.39. The van der Waals surface area contributed by atoms with Crippen molar-refractivity contribution in [2.75, 3.05) is 10.2 Å². The van der Waals surface area contributed by atoms with E-state index in [2.05, 4.69) is 5.32 Å². The van der Waals surface area contributed by atoms with Gasteiger partial charge in [0.25, 0.3) is 0 Å². The number of benzene rings is 4. The molecule has 6 nitrogen and oxygen atoms in total. The number of aryl methyl sites for hydroxylation is 1. The van der Waals surface area contributed by atoms with Crippen LogP contribution in [0.15, 0.2) is 84.9 Å². The molecule has 0 bridgehead atoms. The normalized spacial score (nSPS) is 17.4. The Hall–Kier alpha value is -3.55. The first kappa shape index (κ1) is 25.1. The number of rotatable bonds is 6. The second kappa shape index (κ2) is 10.1. The summed E-state index contributed by atoms with van der Waals surface area (Å²) in [6.45, 7) is 1.82. The third-order valence-electron chi connectivity index (χ3n) is 6.69. The monoisotopic (exact) mass is 534 g/mol. The summed E-state index contributed by atoms with van der Waals surface area (Å²) in [6.07, 6.45) is -2.28. The number of para-hydroxylation sites is 2. The fraction of sp³-hybridized carbons (Fsp3) is 0.138. The summed E-state index contributed by atoms with van der Waals surface area (Å²) in [7, 11) is 0. The smallest absolute Gasteiger partial charge is 0.315 e. The van der Waals surface area contributed by atoms with Gasteiger partial charge in [0, 0.05) is 22.5 Å². The number of nitrogens with zero attached hydrogens (tertiary/aromatic N) is 1. The molecule has 0 fully saturated rings. The van der Waals surface area contributed by atoms with Crippen LogP contribution in [0.2, 0.25) is 10.0 Å². The zero-order valence-electron chi connectivity index (χ0n) is 19.8. The third-order valence-corrected chi connectivity index (χ3v) is 7.32. The van der Waals surface area contributed by atoms with Gasteiger partial charge in [-0.05, 0) is 47.9 Å². The van der Waals surface area contributed by atoms with E-state index in [1.54, 1.807) is 78.9 Å². The van der Waals surface area contributed by atoms with Crippen molar-refractivity contribution in [2.24, 2.45) is 0 Å². The standard InChI is InChI=1S/C29H24Cl2N2O4/c1-16-8-6-15-23(33-27(34)17-9-2-3-10-18(17)28(33)35)24(16)25(29(36)37)19-11-4-5-14-22(19)32-26-20(30)12-7-13-21(26)31/h2-15,25,27-28,32,34-35H,1H3,(H,36,37). The number of hydrogen-bond acceptors (Lipinski definition) is 5. The second-order valence-corrected chi connectivity index (χ2v) is 9.69. The molecule has 8 heteroatoms. The molecular weight excluding hydrogens is 511 g/mol. The summed E-state index contributed by atoms with van der Waals surface area (Å²) in [5, 5.41) is 36.9. The van der Waals surface area contributed by atoms with E-state index < -0.39 is 24.3 Å². The van der Waals surface area contributed by atoms with Crippen LogP contribution < -0.4 is 10.2 Å². The number of aliphatic hydroxyl groups is 2. The molecule has 4 N–H and O–H groups in total. The maximum atomic E-state index is 12.9. The van der Waals surface area contributed by atoms with Gasteiger partial charge in [-0.15, -0.1) is 0 Å². The van der Waals surface area contributed by atoms with Crippen molar-refractivity contribution >= 4 is 46.2 Å². The second-order valence-electron chi connectivity index (χ2n) is 8.87. The minimum Gasteiger partial charge on any atom is -0.481 e. The van der Waals surface area contributed by atoms with Crippen molar-refractivity contribution in [2.45, 2.75) is 25.3 Å². The van der Waals surface area contributed by atoms with E-state index in [1.165, 1.54) is 4.90 Å². The summed E-state index contributed by atoms with van der Waals surface area (Å²) >= 11 is 12.8. The van der Waals surface area contributed by atoms with E-state index in [4.69, 9.17) is 23.2 Å². The molecular formula is C29H24Cl2N2O4. The number of anilines is 3. The molecule has 0 aliphatic carbocycles. The van der Waals surface area contributed by atoms with Crippen LogP contribution in [-0.4, -0.2) is 21.3 Å². The molecule has 4 aromatic carbocycles. The number of carboxylic acids is 1. The topological polar surface area (TPSA) is 93.0 Å². The van der Waals surface area contributed by atoms with Gasteiger partial charge in [0.1, 0.15) is 5.92 Å². The van der Waals surface area contributed by atoms with Crippen LogP contribution in [0.1, 0.15) is 46.2 Å². The maximum absolute atomic E-state index is 12.9. The maximum Gasteiger partial charge on any atom is 0.315 e. The molecule has 3 atom stereocenters. The molecule has 0 saturated heterocycles. The van der Waals surface area contributed by atoms with Crippen molar-refractivity contribution in [3.05, 3.63) is 123 Å². The van der Waals surface area contributed by atoms with Crippen molar-refractivity contribution in [3.8, 4) is 0 Å². The van der Waals surface area contributed by atoms with Gasteiger partial charge in [0.05, 0.1) is 15.7 Å². The zero-order chi connectivity index (χ0) is 26.3. The molecule has 5 rings (SSSR count). The van der Waals surface area contributed by atoms with E-state index in [1.807, 2.05) is 13.0 Å². The van der Waals surface area contributed by atoms with E-state index >= 15 is 0 Å². The van der Waals surface area contributed by atoms with E-state index in [9.17, 15) is 20.1 Å². The Morgan fingerprint density at radius 2 is 1.41 bits per heavy atom. The molecule has 1 aliphatic rings. The first-order valence-corrected chi connectivity index (χ1v) is 12.4. The largest absolute Gasteiger partial charge is 0.481 e. The van der Waals surface area contributed by atoms with Gasteiger partial charge >= 0.3 is 5.97 Å². The Bertz CT molecular complexity index is 1440. The Balaban J connectivity index is 1.66. The van der Waals surface area contributed by atoms with Crippen LogP contribution in [0.4, 0.5) is 17.1 Å². The van der Waals surface area contributed by atoms with Gasteiger partial charge in [0.2, 0.25) is 0 Å². The Morgan fingerprint density at radius 3 is 2.03 bits per heavy atom. The van der Waals surface area contributed by atoms with Crippen molar-refractivity contribution in [1.29, 1.82) is 0 Å². The third kappa shape index (κ3) is 4.43. The quantitative estimate of drug-likeness (QED) is 0.218. The summed E-state index contributed by atoms with van der Waals surface area (Å²) in [5.74, 6) is -2.22. The van der Waals surface area contributed by atoms with E-state index in [0.717, 1.165) is 0 Å². The fourth-order valence-electron chi connectivity index (χ4n) is 4.97.